The Kier molecular flexibility index (Phi) is 4.39. The van der Waals surface area contributed by atoms with Gasteiger partial charge in [0.05, 0.1) is 4.90 Å². The summed E-state index contributed by atoms with van der Waals surface area (Å²) < 4.78 is 47.1. The van der Waals surface area contributed by atoms with Gasteiger partial charge in [-0.25, -0.2) is 8.42 Å². The first-order chi connectivity index (χ1) is 9.00. The second kappa shape index (κ2) is 5.86. The van der Waals surface area contributed by atoms with Gasteiger partial charge in [0.25, 0.3) is 0 Å². The first-order valence-corrected chi connectivity index (χ1v) is 7.91. The normalized spacial score (nSPS) is 15.7. The van der Waals surface area contributed by atoms with Crippen LogP contribution in [0.2, 0.25) is 0 Å². The second-order valence-electron chi connectivity index (χ2n) is 4.84. The molecule has 19 heavy (non-hydrogen) atoms. The number of halogens is 2. The van der Waals surface area contributed by atoms with Crippen molar-refractivity contribution in [3.05, 3.63) is 24.3 Å². The van der Waals surface area contributed by atoms with E-state index in [4.69, 9.17) is 0 Å². The minimum Gasteiger partial charge on any atom is -0.385 e. The molecule has 0 saturated heterocycles. The number of hydrogen-bond donors (Lipinski definition) is 1. The van der Waals surface area contributed by atoms with Crippen LogP contribution in [0.4, 0.5) is 14.5 Å². The number of hydrogen-bond acceptors (Lipinski definition) is 3. The van der Waals surface area contributed by atoms with E-state index in [-0.39, 0.29) is 4.90 Å². The fourth-order valence-corrected chi connectivity index (χ4v) is 2.62. The Morgan fingerprint density at radius 3 is 2.37 bits per heavy atom. The standard InChI is InChI=1S/C13H17F2NO2S/c14-13(15)19(17,18)12-7-5-11(6-8-12)16-9-1-2-10-3-4-10/h5-8,10,13,16H,1-4,9H2. The van der Waals surface area contributed by atoms with Crippen molar-refractivity contribution in [2.24, 2.45) is 5.92 Å². The van der Waals surface area contributed by atoms with Crippen molar-refractivity contribution >= 4 is 15.5 Å². The van der Waals surface area contributed by atoms with Crippen molar-refractivity contribution in [2.75, 3.05) is 11.9 Å². The maximum atomic E-state index is 12.3. The zero-order valence-corrected chi connectivity index (χ0v) is 11.3. The first-order valence-electron chi connectivity index (χ1n) is 6.36. The molecule has 106 valence electrons. The summed E-state index contributed by atoms with van der Waals surface area (Å²) in [4.78, 5) is -0.342. The van der Waals surface area contributed by atoms with E-state index in [1.807, 2.05) is 0 Å². The molecular weight excluding hydrogens is 272 g/mol. The highest BCUT2D eigenvalue weighted by molar-refractivity contribution is 7.91. The quantitative estimate of drug-likeness (QED) is 0.783. The number of rotatable bonds is 7. The van der Waals surface area contributed by atoms with Gasteiger partial charge in [-0.15, -0.1) is 0 Å². The van der Waals surface area contributed by atoms with Crippen LogP contribution >= 0.6 is 0 Å². The SMILES string of the molecule is O=S(=O)(c1ccc(NCCCC2CC2)cc1)C(F)F. The zero-order valence-electron chi connectivity index (χ0n) is 10.5. The molecule has 1 aliphatic rings. The van der Waals surface area contributed by atoms with Gasteiger partial charge in [0.2, 0.25) is 9.84 Å². The number of sulfone groups is 1. The third-order valence-corrected chi connectivity index (χ3v) is 4.63. The molecule has 0 aliphatic heterocycles. The van der Waals surface area contributed by atoms with Crippen molar-refractivity contribution in [1.29, 1.82) is 0 Å². The average molecular weight is 289 g/mol. The summed E-state index contributed by atoms with van der Waals surface area (Å²) in [5, 5.41) is 3.15. The Morgan fingerprint density at radius 1 is 1.21 bits per heavy atom. The summed E-state index contributed by atoms with van der Waals surface area (Å²) in [6, 6.07) is 5.47. The molecule has 0 heterocycles. The minimum absolute atomic E-state index is 0.342. The van der Waals surface area contributed by atoms with Crippen molar-refractivity contribution in [3.8, 4) is 0 Å². The van der Waals surface area contributed by atoms with Crippen LogP contribution in [0.15, 0.2) is 29.2 Å². The average Bonchev–Trinajstić information content (AvgIpc) is 3.19. The summed E-state index contributed by atoms with van der Waals surface area (Å²) in [6.07, 6.45) is 4.95. The van der Waals surface area contributed by atoms with Crippen LogP contribution in [0, 0.1) is 5.92 Å². The lowest BCUT2D eigenvalue weighted by atomic mass is 10.2. The van der Waals surface area contributed by atoms with E-state index in [1.54, 1.807) is 0 Å². The molecular formula is C13H17F2NO2S. The van der Waals surface area contributed by atoms with Gasteiger partial charge in [0, 0.05) is 12.2 Å². The number of alkyl halides is 2. The molecule has 3 nitrogen and oxygen atoms in total. The number of nitrogens with one attached hydrogen (secondary N) is 1. The van der Waals surface area contributed by atoms with Crippen LogP contribution in [-0.2, 0) is 9.84 Å². The molecule has 1 saturated carbocycles. The third kappa shape index (κ3) is 3.89. The van der Waals surface area contributed by atoms with Gasteiger partial charge in [-0.05, 0) is 43.0 Å². The van der Waals surface area contributed by atoms with Gasteiger partial charge in [-0.3, -0.25) is 0 Å². The summed E-state index contributed by atoms with van der Waals surface area (Å²) in [6.45, 7) is 0.817. The minimum atomic E-state index is -4.48. The lowest BCUT2D eigenvalue weighted by Gasteiger charge is -2.07. The molecule has 1 fully saturated rings. The molecule has 1 N–H and O–H groups in total. The molecule has 0 radical (unpaired) electrons. The van der Waals surface area contributed by atoms with Gasteiger partial charge in [0.15, 0.2) is 0 Å². The maximum absolute atomic E-state index is 12.3. The molecule has 1 aromatic rings. The molecule has 0 spiro atoms. The predicted octanol–water partition coefficient (Wildman–Crippen LogP) is 3.29. The molecule has 2 rings (SSSR count). The fraction of sp³-hybridized carbons (Fsp3) is 0.538. The van der Waals surface area contributed by atoms with Crippen molar-refractivity contribution in [1.82, 2.24) is 0 Å². The maximum Gasteiger partial charge on any atom is 0.341 e. The molecule has 0 unspecified atom stereocenters. The van der Waals surface area contributed by atoms with E-state index >= 15 is 0 Å². The van der Waals surface area contributed by atoms with Gasteiger partial charge in [-0.1, -0.05) is 12.8 Å². The topological polar surface area (TPSA) is 46.2 Å². The van der Waals surface area contributed by atoms with Crippen molar-refractivity contribution < 1.29 is 17.2 Å². The van der Waals surface area contributed by atoms with Gasteiger partial charge in [-0.2, -0.15) is 8.78 Å². The van der Waals surface area contributed by atoms with Gasteiger partial charge >= 0.3 is 5.76 Å². The van der Waals surface area contributed by atoms with Crippen LogP contribution in [-0.4, -0.2) is 20.7 Å². The van der Waals surface area contributed by atoms with Crippen LogP contribution < -0.4 is 5.32 Å². The summed E-state index contributed by atoms with van der Waals surface area (Å²) in [5.74, 6) is -2.48. The number of benzene rings is 1. The van der Waals surface area contributed by atoms with Crippen LogP contribution in [0.5, 0.6) is 0 Å². The van der Waals surface area contributed by atoms with Crippen LogP contribution in [0.3, 0.4) is 0 Å². The Hall–Kier alpha value is -1.17. The molecule has 1 aliphatic carbocycles. The highest BCUT2D eigenvalue weighted by Gasteiger charge is 2.26. The highest BCUT2D eigenvalue weighted by atomic mass is 32.2. The Bertz CT molecular complexity index is 510. The lowest BCUT2D eigenvalue weighted by molar-refractivity contribution is 0.234. The van der Waals surface area contributed by atoms with Crippen molar-refractivity contribution in [3.63, 3.8) is 0 Å². The third-order valence-electron chi connectivity index (χ3n) is 3.23. The smallest absolute Gasteiger partial charge is 0.341 e. The van der Waals surface area contributed by atoms with E-state index < -0.39 is 15.6 Å². The van der Waals surface area contributed by atoms with E-state index in [9.17, 15) is 17.2 Å². The molecule has 0 bridgehead atoms. The van der Waals surface area contributed by atoms with E-state index in [2.05, 4.69) is 5.32 Å². The zero-order chi connectivity index (χ0) is 13.9. The summed E-state index contributed by atoms with van der Waals surface area (Å²) >= 11 is 0. The van der Waals surface area contributed by atoms with Crippen LogP contribution in [0.1, 0.15) is 25.7 Å². The largest absolute Gasteiger partial charge is 0.385 e. The molecule has 1 aromatic carbocycles. The second-order valence-corrected chi connectivity index (χ2v) is 6.76. The van der Waals surface area contributed by atoms with E-state index in [0.717, 1.165) is 24.6 Å². The summed E-state index contributed by atoms with van der Waals surface area (Å²) in [5.41, 5.74) is 0.754. The first kappa shape index (κ1) is 14.2. The monoisotopic (exact) mass is 289 g/mol. The van der Waals surface area contributed by atoms with Gasteiger partial charge in [0.1, 0.15) is 0 Å². The van der Waals surface area contributed by atoms with Gasteiger partial charge < -0.3 is 5.32 Å². The molecule has 6 heteroatoms. The van der Waals surface area contributed by atoms with E-state index in [1.165, 1.54) is 43.5 Å². The van der Waals surface area contributed by atoms with E-state index in [0.29, 0.717) is 0 Å². The fourth-order valence-electron chi connectivity index (χ4n) is 1.90. The predicted molar refractivity (Wildman–Crippen MR) is 70.1 cm³/mol. The van der Waals surface area contributed by atoms with Crippen molar-refractivity contribution in [2.45, 2.75) is 36.3 Å². The summed E-state index contributed by atoms with van der Waals surface area (Å²) in [7, 11) is -4.48. The Balaban J connectivity index is 1.87. The number of anilines is 1. The highest BCUT2D eigenvalue weighted by Crippen LogP contribution is 2.33. The lowest BCUT2D eigenvalue weighted by Crippen LogP contribution is -2.11. The molecule has 0 atom stereocenters. The molecule has 0 amide bonds. The molecule has 0 aromatic heterocycles. The van der Waals surface area contributed by atoms with Crippen LogP contribution in [0.25, 0.3) is 0 Å². The Morgan fingerprint density at radius 2 is 1.84 bits per heavy atom. The Labute approximate surface area is 111 Å².